The second-order valence-electron chi connectivity index (χ2n) is 9.68. The number of amides is 1. The van der Waals surface area contributed by atoms with E-state index in [-0.39, 0.29) is 18.1 Å². The first-order valence-electron chi connectivity index (χ1n) is 12.8. The SMILES string of the molecule is Cc1ccc(C(=O)Cc2ccc(N3CCOCC3)nc2)cc1NC(=O)c1csc2c(NC3CC3)ncnc12. The third kappa shape index (κ3) is 5.23. The largest absolute Gasteiger partial charge is 0.378 e. The number of benzene rings is 1. The van der Waals surface area contributed by atoms with E-state index in [2.05, 4.69) is 30.5 Å². The van der Waals surface area contributed by atoms with Crippen molar-refractivity contribution in [1.82, 2.24) is 15.0 Å². The number of hydrogen-bond donors (Lipinski definition) is 2. The first-order chi connectivity index (χ1) is 18.5. The summed E-state index contributed by atoms with van der Waals surface area (Å²) < 4.78 is 6.27. The molecule has 1 saturated heterocycles. The number of ether oxygens (including phenoxy) is 1. The molecule has 0 spiro atoms. The van der Waals surface area contributed by atoms with Crippen LogP contribution >= 0.6 is 11.3 Å². The van der Waals surface area contributed by atoms with Gasteiger partial charge in [0.2, 0.25) is 0 Å². The van der Waals surface area contributed by atoms with Gasteiger partial charge in [0.05, 0.1) is 29.0 Å². The molecule has 9 nitrogen and oxygen atoms in total. The molecule has 1 aliphatic heterocycles. The Hall–Kier alpha value is -3.89. The van der Waals surface area contributed by atoms with Crippen molar-refractivity contribution in [2.24, 2.45) is 0 Å². The Kier molecular flexibility index (Phi) is 6.73. The minimum atomic E-state index is -0.261. The lowest BCUT2D eigenvalue weighted by atomic mass is 10.0. The topological polar surface area (TPSA) is 109 Å². The Morgan fingerprint density at radius 2 is 1.95 bits per heavy atom. The number of Topliss-reactive ketones (excluding diaryl/α,β-unsaturated/α-hetero) is 1. The quantitative estimate of drug-likeness (QED) is 0.322. The lowest BCUT2D eigenvalue weighted by molar-refractivity contribution is 0.0989. The Labute approximate surface area is 224 Å². The van der Waals surface area contributed by atoms with Gasteiger partial charge in [0.1, 0.15) is 18.0 Å². The van der Waals surface area contributed by atoms with E-state index in [9.17, 15) is 9.59 Å². The number of carbonyl (C=O) groups is 2. The van der Waals surface area contributed by atoms with Crippen LogP contribution in [-0.4, -0.2) is 59.0 Å². The van der Waals surface area contributed by atoms with Crippen LogP contribution in [0.2, 0.25) is 0 Å². The second kappa shape index (κ2) is 10.5. The van der Waals surface area contributed by atoms with E-state index in [4.69, 9.17) is 4.74 Å². The van der Waals surface area contributed by atoms with Gasteiger partial charge in [-0.15, -0.1) is 11.3 Å². The molecule has 0 radical (unpaired) electrons. The van der Waals surface area contributed by atoms with E-state index in [1.165, 1.54) is 17.7 Å². The number of hydrogen-bond acceptors (Lipinski definition) is 9. The van der Waals surface area contributed by atoms with E-state index >= 15 is 0 Å². The van der Waals surface area contributed by atoms with Crippen LogP contribution in [0.3, 0.4) is 0 Å². The molecule has 2 N–H and O–H groups in total. The number of rotatable bonds is 8. The number of anilines is 3. The van der Waals surface area contributed by atoms with Crippen molar-refractivity contribution in [2.45, 2.75) is 32.2 Å². The molecule has 1 saturated carbocycles. The molecule has 1 aromatic carbocycles. The maximum atomic E-state index is 13.2. The van der Waals surface area contributed by atoms with Gasteiger partial charge in [-0.1, -0.05) is 18.2 Å². The molecule has 1 amide bonds. The van der Waals surface area contributed by atoms with Crippen LogP contribution in [0.5, 0.6) is 0 Å². The summed E-state index contributed by atoms with van der Waals surface area (Å²) >= 11 is 1.46. The third-order valence-corrected chi connectivity index (χ3v) is 7.81. The minimum absolute atomic E-state index is 0.0362. The highest BCUT2D eigenvalue weighted by molar-refractivity contribution is 7.18. The number of carbonyl (C=O) groups excluding carboxylic acids is 2. The molecule has 1 aliphatic carbocycles. The van der Waals surface area contributed by atoms with Crippen molar-refractivity contribution in [1.29, 1.82) is 0 Å². The molecule has 4 aromatic rings. The van der Waals surface area contributed by atoms with Crippen molar-refractivity contribution in [2.75, 3.05) is 41.8 Å². The Balaban J connectivity index is 1.15. The average Bonchev–Trinajstić information content (AvgIpc) is 3.65. The molecule has 10 heteroatoms. The molecule has 4 heterocycles. The van der Waals surface area contributed by atoms with Crippen molar-refractivity contribution < 1.29 is 14.3 Å². The van der Waals surface area contributed by atoms with Crippen molar-refractivity contribution in [3.63, 3.8) is 0 Å². The number of fused-ring (bicyclic) bond motifs is 1. The fourth-order valence-electron chi connectivity index (χ4n) is 4.44. The van der Waals surface area contributed by atoms with Gasteiger partial charge in [0.25, 0.3) is 5.91 Å². The zero-order valence-corrected chi connectivity index (χ0v) is 21.9. The van der Waals surface area contributed by atoms with Gasteiger partial charge in [0.15, 0.2) is 5.78 Å². The van der Waals surface area contributed by atoms with Crippen LogP contribution in [0, 0.1) is 6.92 Å². The van der Waals surface area contributed by atoms with Crippen molar-refractivity contribution >= 4 is 50.6 Å². The number of thiophene rings is 1. The van der Waals surface area contributed by atoms with E-state index in [0.29, 0.717) is 41.6 Å². The number of pyridine rings is 1. The van der Waals surface area contributed by atoms with E-state index < -0.39 is 0 Å². The van der Waals surface area contributed by atoms with Crippen LogP contribution < -0.4 is 15.5 Å². The number of nitrogens with zero attached hydrogens (tertiary/aromatic N) is 4. The number of ketones is 1. The standard InChI is InChI=1S/C28H28N6O3S/c1-17-2-4-19(23(35)12-18-3-7-24(29-14-18)34-8-10-37-11-9-34)13-22(17)33-28(36)21-15-38-26-25(21)30-16-31-27(26)32-20-5-6-20/h2-4,7,13-16,20H,5-6,8-12H2,1H3,(H,33,36)(H,30,31,32). The van der Waals surface area contributed by atoms with Gasteiger partial charge in [-0.05, 0) is 43.0 Å². The van der Waals surface area contributed by atoms with Gasteiger partial charge in [-0.2, -0.15) is 0 Å². The monoisotopic (exact) mass is 528 g/mol. The van der Waals surface area contributed by atoms with Gasteiger partial charge in [-0.3, -0.25) is 9.59 Å². The summed E-state index contributed by atoms with van der Waals surface area (Å²) in [5.41, 5.74) is 3.98. The third-order valence-electron chi connectivity index (χ3n) is 6.83. The molecule has 2 fully saturated rings. The maximum absolute atomic E-state index is 13.2. The smallest absolute Gasteiger partial charge is 0.258 e. The first kappa shape index (κ1) is 24.4. The van der Waals surface area contributed by atoms with Crippen molar-refractivity contribution in [3.05, 3.63) is 70.5 Å². The summed E-state index contributed by atoms with van der Waals surface area (Å²) in [4.78, 5) is 41.8. The summed E-state index contributed by atoms with van der Waals surface area (Å²) in [5.74, 6) is 1.37. The molecule has 38 heavy (non-hydrogen) atoms. The summed E-state index contributed by atoms with van der Waals surface area (Å²) in [7, 11) is 0. The Morgan fingerprint density at radius 1 is 1.11 bits per heavy atom. The molecular weight excluding hydrogens is 500 g/mol. The first-order valence-corrected chi connectivity index (χ1v) is 13.6. The van der Waals surface area contributed by atoms with Gasteiger partial charge in [-0.25, -0.2) is 15.0 Å². The van der Waals surface area contributed by atoms with Crippen LogP contribution in [0.25, 0.3) is 10.2 Å². The molecule has 0 unspecified atom stereocenters. The second-order valence-corrected chi connectivity index (χ2v) is 10.6. The fraction of sp³-hybridized carbons (Fsp3) is 0.321. The summed E-state index contributed by atoms with van der Waals surface area (Å²) in [5, 5.41) is 8.20. The molecule has 194 valence electrons. The summed E-state index contributed by atoms with van der Waals surface area (Å²) in [6.45, 7) is 4.93. The predicted molar refractivity (Wildman–Crippen MR) is 148 cm³/mol. The van der Waals surface area contributed by atoms with Crippen molar-refractivity contribution in [3.8, 4) is 0 Å². The lowest BCUT2D eigenvalue weighted by Gasteiger charge is -2.27. The predicted octanol–water partition coefficient (Wildman–Crippen LogP) is 4.48. The number of aromatic nitrogens is 3. The normalized spacial score (nSPS) is 15.4. The highest BCUT2D eigenvalue weighted by Crippen LogP contribution is 2.33. The van der Waals surface area contributed by atoms with E-state index in [1.54, 1.807) is 18.3 Å². The zero-order valence-electron chi connectivity index (χ0n) is 21.1. The summed E-state index contributed by atoms with van der Waals surface area (Å²) in [6, 6.07) is 9.75. The van der Waals surface area contributed by atoms with Gasteiger partial charge >= 0.3 is 0 Å². The van der Waals surface area contributed by atoms with Crippen LogP contribution in [0.15, 0.2) is 48.2 Å². The molecule has 0 bridgehead atoms. The highest BCUT2D eigenvalue weighted by Gasteiger charge is 2.24. The van der Waals surface area contributed by atoms with Gasteiger partial charge < -0.3 is 20.3 Å². The molecule has 2 aliphatic rings. The fourth-order valence-corrected chi connectivity index (χ4v) is 5.40. The van der Waals surface area contributed by atoms with Crippen LogP contribution in [0.4, 0.5) is 17.3 Å². The molecule has 3 aromatic heterocycles. The average molecular weight is 529 g/mol. The van der Waals surface area contributed by atoms with Crippen LogP contribution in [-0.2, 0) is 11.2 Å². The van der Waals surface area contributed by atoms with Crippen LogP contribution in [0.1, 0.15) is 44.7 Å². The Morgan fingerprint density at radius 3 is 2.71 bits per heavy atom. The van der Waals surface area contributed by atoms with Gasteiger partial charge in [0, 0.05) is 48.4 Å². The van der Waals surface area contributed by atoms with E-state index in [1.807, 2.05) is 30.5 Å². The number of morpholine rings is 1. The molecular formula is C28H28N6O3S. The number of nitrogens with one attached hydrogen (secondary N) is 2. The molecule has 6 rings (SSSR count). The Bertz CT molecular complexity index is 1490. The molecule has 0 atom stereocenters. The lowest BCUT2D eigenvalue weighted by Crippen LogP contribution is -2.36. The summed E-state index contributed by atoms with van der Waals surface area (Å²) in [6.07, 6.45) is 5.75. The highest BCUT2D eigenvalue weighted by atomic mass is 32.1. The number of aryl methyl sites for hydroxylation is 1. The minimum Gasteiger partial charge on any atom is -0.378 e. The zero-order chi connectivity index (χ0) is 26.1. The maximum Gasteiger partial charge on any atom is 0.258 e. The van der Waals surface area contributed by atoms with E-state index in [0.717, 1.165) is 53.4 Å².